The molecule has 2 aromatic rings. The average molecular weight is 358 g/mol. The molecule has 96 valence electrons. The van der Waals surface area contributed by atoms with Crippen LogP contribution in [0.3, 0.4) is 0 Å². The van der Waals surface area contributed by atoms with E-state index in [2.05, 4.69) is 26.2 Å². The molecule has 0 spiro atoms. The van der Waals surface area contributed by atoms with Crippen molar-refractivity contribution in [3.05, 3.63) is 38.8 Å². The Morgan fingerprint density at radius 1 is 1.33 bits per heavy atom. The van der Waals surface area contributed by atoms with Crippen LogP contribution in [0.15, 0.2) is 28.2 Å². The van der Waals surface area contributed by atoms with Gasteiger partial charge in [0.1, 0.15) is 4.60 Å². The van der Waals surface area contributed by atoms with Crippen LogP contribution in [0.1, 0.15) is 5.56 Å². The molecular formula is C10H5BrClF3N2S. The number of benzene rings is 1. The molecule has 0 aliphatic carbocycles. The molecule has 0 fully saturated rings. The van der Waals surface area contributed by atoms with Crippen molar-refractivity contribution >= 4 is 49.7 Å². The summed E-state index contributed by atoms with van der Waals surface area (Å²) in [5.74, 6) is 0. The summed E-state index contributed by atoms with van der Waals surface area (Å²) >= 11 is 9.91. The number of nitrogens with zero attached hydrogens (tertiary/aromatic N) is 1. The number of thiazole rings is 1. The number of hydrogen-bond acceptors (Lipinski definition) is 3. The van der Waals surface area contributed by atoms with Crippen molar-refractivity contribution in [1.29, 1.82) is 0 Å². The van der Waals surface area contributed by atoms with Gasteiger partial charge >= 0.3 is 6.18 Å². The van der Waals surface area contributed by atoms with Gasteiger partial charge in [-0.15, -0.1) is 11.3 Å². The molecule has 8 heteroatoms. The average Bonchev–Trinajstić information content (AvgIpc) is 2.65. The molecule has 0 aliphatic rings. The minimum absolute atomic E-state index is 0.0354. The van der Waals surface area contributed by atoms with Crippen molar-refractivity contribution in [3.63, 3.8) is 0 Å². The van der Waals surface area contributed by atoms with E-state index >= 15 is 0 Å². The molecule has 0 atom stereocenters. The van der Waals surface area contributed by atoms with E-state index in [0.717, 1.165) is 6.07 Å². The lowest BCUT2D eigenvalue weighted by atomic mass is 10.1. The molecule has 1 aromatic heterocycles. The molecule has 0 radical (unpaired) electrons. The van der Waals surface area contributed by atoms with E-state index < -0.39 is 11.7 Å². The lowest BCUT2D eigenvalue weighted by molar-refractivity contribution is -0.136. The number of halogens is 5. The molecule has 0 amide bonds. The van der Waals surface area contributed by atoms with Gasteiger partial charge in [-0.3, -0.25) is 0 Å². The normalized spacial score (nSPS) is 11.6. The number of hydrogen-bond donors (Lipinski definition) is 1. The van der Waals surface area contributed by atoms with Crippen LogP contribution < -0.4 is 5.32 Å². The maximum absolute atomic E-state index is 12.8. The molecular weight excluding hydrogens is 353 g/mol. The summed E-state index contributed by atoms with van der Waals surface area (Å²) in [5, 5.41) is 4.70. The first kappa shape index (κ1) is 13.6. The number of rotatable bonds is 2. The zero-order valence-electron chi connectivity index (χ0n) is 8.55. The highest BCUT2D eigenvalue weighted by Gasteiger charge is 2.34. The quantitative estimate of drug-likeness (QED) is 0.786. The van der Waals surface area contributed by atoms with E-state index in [4.69, 9.17) is 11.6 Å². The lowest BCUT2D eigenvalue weighted by Crippen LogP contribution is -2.08. The summed E-state index contributed by atoms with van der Waals surface area (Å²) in [6.45, 7) is 0. The Morgan fingerprint density at radius 3 is 2.61 bits per heavy atom. The topological polar surface area (TPSA) is 24.9 Å². The summed E-state index contributed by atoms with van der Waals surface area (Å²) in [6.07, 6.45) is -4.47. The van der Waals surface area contributed by atoms with Crippen molar-refractivity contribution in [2.45, 2.75) is 6.18 Å². The van der Waals surface area contributed by atoms with Crippen LogP contribution in [0.25, 0.3) is 0 Å². The highest BCUT2D eigenvalue weighted by molar-refractivity contribution is 9.10. The SMILES string of the molecule is FC(F)(F)c1cc(Cl)ccc1Nc1nc(Br)cs1. The largest absolute Gasteiger partial charge is 0.418 e. The zero-order chi connectivity index (χ0) is 13.3. The molecule has 1 aromatic carbocycles. The van der Waals surface area contributed by atoms with Crippen LogP contribution >= 0.6 is 38.9 Å². The first-order valence-corrected chi connectivity index (χ1v) is 6.66. The van der Waals surface area contributed by atoms with Crippen LogP contribution in [-0.2, 0) is 6.18 Å². The second kappa shape index (κ2) is 5.07. The monoisotopic (exact) mass is 356 g/mol. The maximum atomic E-state index is 12.8. The van der Waals surface area contributed by atoms with Crippen molar-refractivity contribution < 1.29 is 13.2 Å². The fraction of sp³-hybridized carbons (Fsp3) is 0.100. The summed E-state index contributed by atoms with van der Waals surface area (Å²) < 4.78 is 39.0. The minimum Gasteiger partial charge on any atom is -0.331 e. The maximum Gasteiger partial charge on any atom is 0.418 e. The van der Waals surface area contributed by atoms with Crippen LogP contribution in [0.2, 0.25) is 5.02 Å². The van der Waals surface area contributed by atoms with Crippen LogP contribution in [0.4, 0.5) is 24.0 Å². The van der Waals surface area contributed by atoms with E-state index in [9.17, 15) is 13.2 Å². The van der Waals surface area contributed by atoms with Gasteiger partial charge in [-0.1, -0.05) is 11.6 Å². The van der Waals surface area contributed by atoms with Gasteiger partial charge < -0.3 is 5.32 Å². The molecule has 0 aliphatic heterocycles. The molecule has 0 saturated carbocycles. The minimum atomic E-state index is -4.47. The fourth-order valence-electron chi connectivity index (χ4n) is 1.29. The Hall–Kier alpha value is -0.790. The van der Waals surface area contributed by atoms with Gasteiger partial charge in [0.25, 0.3) is 0 Å². The predicted octanol–water partition coefficient (Wildman–Crippen LogP) is 5.32. The number of nitrogens with one attached hydrogen (secondary N) is 1. The number of anilines is 2. The highest BCUT2D eigenvalue weighted by atomic mass is 79.9. The lowest BCUT2D eigenvalue weighted by Gasteiger charge is -2.13. The second-order valence-electron chi connectivity index (χ2n) is 3.29. The Kier molecular flexibility index (Phi) is 3.84. The second-order valence-corrected chi connectivity index (χ2v) is 5.40. The van der Waals surface area contributed by atoms with Gasteiger partial charge in [-0.2, -0.15) is 13.2 Å². The summed E-state index contributed by atoms with van der Waals surface area (Å²) in [7, 11) is 0. The summed E-state index contributed by atoms with van der Waals surface area (Å²) in [5.41, 5.74) is -0.893. The van der Waals surface area contributed by atoms with Crippen LogP contribution in [-0.4, -0.2) is 4.98 Å². The van der Waals surface area contributed by atoms with Gasteiger partial charge in [0.05, 0.1) is 11.3 Å². The van der Waals surface area contributed by atoms with Crippen molar-refractivity contribution in [3.8, 4) is 0 Å². The van der Waals surface area contributed by atoms with Gasteiger partial charge in [0.2, 0.25) is 0 Å². The highest BCUT2D eigenvalue weighted by Crippen LogP contribution is 2.38. The van der Waals surface area contributed by atoms with Crippen molar-refractivity contribution in [2.24, 2.45) is 0 Å². The Bertz CT molecular complexity index is 570. The Balaban J connectivity index is 2.38. The van der Waals surface area contributed by atoms with E-state index in [1.807, 2.05) is 0 Å². The summed E-state index contributed by atoms with van der Waals surface area (Å²) in [4.78, 5) is 3.98. The first-order chi connectivity index (χ1) is 8.36. The third kappa shape index (κ3) is 3.15. The Morgan fingerprint density at radius 2 is 2.06 bits per heavy atom. The van der Waals surface area contributed by atoms with Gasteiger partial charge in [-0.05, 0) is 34.1 Å². The van der Waals surface area contributed by atoms with Crippen molar-refractivity contribution in [2.75, 3.05) is 5.32 Å². The molecule has 18 heavy (non-hydrogen) atoms. The molecule has 2 rings (SSSR count). The molecule has 0 unspecified atom stereocenters. The van der Waals surface area contributed by atoms with E-state index in [1.54, 1.807) is 5.38 Å². The molecule has 1 heterocycles. The van der Waals surface area contributed by atoms with E-state index in [0.29, 0.717) is 9.73 Å². The Labute approximate surface area is 118 Å². The van der Waals surface area contributed by atoms with Gasteiger partial charge in [-0.25, -0.2) is 4.98 Å². The standard InChI is InChI=1S/C10H5BrClF3N2S/c11-8-4-18-9(17-8)16-7-2-1-5(12)3-6(7)10(13,14)15/h1-4H,(H,16,17). The zero-order valence-corrected chi connectivity index (χ0v) is 11.7. The molecule has 0 saturated heterocycles. The van der Waals surface area contributed by atoms with Gasteiger partial charge in [0, 0.05) is 10.4 Å². The first-order valence-electron chi connectivity index (χ1n) is 4.61. The smallest absolute Gasteiger partial charge is 0.331 e. The van der Waals surface area contributed by atoms with E-state index in [1.165, 1.54) is 23.5 Å². The van der Waals surface area contributed by atoms with Crippen LogP contribution in [0, 0.1) is 0 Å². The third-order valence-electron chi connectivity index (χ3n) is 2.00. The van der Waals surface area contributed by atoms with Crippen molar-refractivity contribution in [1.82, 2.24) is 4.98 Å². The van der Waals surface area contributed by atoms with Gasteiger partial charge in [0.15, 0.2) is 5.13 Å². The summed E-state index contributed by atoms with van der Waals surface area (Å²) in [6, 6.07) is 3.55. The predicted molar refractivity (Wildman–Crippen MR) is 69.6 cm³/mol. The molecule has 0 bridgehead atoms. The van der Waals surface area contributed by atoms with Crippen LogP contribution in [0.5, 0.6) is 0 Å². The number of alkyl halides is 3. The third-order valence-corrected chi connectivity index (χ3v) is 3.71. The molecule has 2 nitrogen and oxygen atoms in total. The molecule has 1 N–H and O–H groups in total. The van der Waals surface area contributed by atoms with E-state index in [-0.39, 0.29) is 10.7 Å². The fourth-order valence-corrected chi connectivity index (χ4v) is 2.62. The number of aromatic nitrogens is 1.